The minimum Gasteiger partial charge on any atom is -0.351 e. The number of hydrogen-bond acceptors (Lipinski definition) is 6. The molecule has 1 atom stereocenters. The lowest BCUT2D eigenvalue weighted by molar-refractivity contribution is -0.119. The van der Waals surface area contributed by atoms with Crippen molar-refractivity contribution in [2.75, 3.05) is 43.0 Å². The van der Waals surface area contributed by atoms with Gasteiger partial charge in [-0.25, -0.2) is 0 Å². The third kappa shape index (κ3) is 5.55. The van der Waals surface area contributed by atoms with Gasteiger partial charge < -0.3 is 9.80 Å². The Hall–Kier alpha value is -2.98. The van der Waals surface area contributed by atoms with Gasteiger partial charge in [0.25, 0.3) is 0 Å². The van der Waals surface area contributed by atoms with Crippen molar-refractivity contribution in [2.24, 2.45) is 0 Å². The molecule has 0 radical (unpaired) electrons. The highest BCUT2D eigenvalue weighted by atomic mass is 16.2. The Kier molecular flexibility index (Phi) is 7.36. The summed E-state index contributed by atoms with van der Waals surface area (Å²) in [6, 6.07) is 12.5. The molecule has 158 valence electrons. The molecule has 1 aliphatic rings. The van der Waals surface area contributed by atoms with Gasteiger partial charge in [-0.3, -0.25) is 9.69 Å². The van der Waals surface area contributed by atoms with Crippen molar-refractivity contribution in [2.45, 2.75) is 39.2 Å². The molecule has 0 aliphatic carbocycles. The molecule has 0 N–H and O–H groups in total. The van der Waals surface area contributed by atoms with E-state index in [1.165, 1.54) is 0 Å². The van der Waals surface area contributed by atoms with E-state index in [0.29, 0.717) is 25.6 Å². The summed E-state index contributed by atoms with van der Waals surface area (Å²) in [6.07, 6.45) is 4.18. The van der Waals surface area contributed by atoms with Gasteiger partial charge in [0.2, 0.25) is 5.91 Å². The van der Waals surface area contributed by atoms with Crippen molar-refractivity contribution in [3.63, 3.8) is 0 Å². The summed E-state index contributed by atoms with van der Waals surface area (Å²) in [6.45, 7) is 6.50. The van der Waals surface area contributed by atoms with Gasteiger partial charge in [0.15, 0.2) is 5.82 Å². The highest BCUT2D eigenvalue weighted by Gasteiger charge is 2.28. The number of aryl methyl sites for hydroxylation is 2. The van der Waals surface area contributed by atoms with E-state index in [-0.39, 0.29) is 5.91 Å². The van der Waals surface area contributed by atoms with E-state index in [0.717, 1.165) is 48.6 Å². The topological polar surface area (TPSA) is 76.4 Å². The molecular weight excluding hydrogens is 376 g/mol. The third-order valence-corrected chi connectivity index (χ3v) is 5.42. The van der Waals surface area contributed by atoms with Crippen LogP contribution in [0.4, 0.5) is 11.5 Å². The molecule has 1 amide bonds. The van der Waals surface area contributed by atoms with Crippen molar-refractivity contribution >= 4 is 17.4 Å². The molecule has 1 saturated heterocycles. The van der Waals surface area contributed by atoms with E-state index in [4.69, 9.17) is 5.26 Å². The molecule has 1 aliphatic heterocycles. The zero-order valence-electron chi connectivity index (χ0n) is 18.1. The molecule has 0 bridgehead atoms. The number of rotatable bonds is 8. The lowest BCUT2D eigenvalue weighted by Crippen LogP contribution is -2.44. The number of amides is 1. The molecule has 0 spiro atoms. The van der Waals surface area contributed by atoms with Crippen molar-refractivity contribution in [3.8, 4) is 6.07 Å². The molecule has 7 nitrogen and oxygen atoms in total. The Labute approximate surface area is 178 Å². The Morgan fingerprint density at radius 1 is 1.30 bits per heavy atom. The minimum absolute atomic E-state index is 0.0156. The fraction of sp³-hybridized carbons (Fsp3) is 0.478. The second kappa shape index (κ2) is 10.2. The molecule has 0 saturated carbocycles. The Morgan fingerprint density at radius 3 is 2.73 bits per heavy atom. The molecule has 1 aromatic heterocycles. The van der Waals surface area contributed by atoms with Crippen LogP contribution in [-0.2, 0) is 4.79 Å². The summed E-state index contributed by atoms with van der Waals surface area (Å²) in [5.74, 6) is 0.910. The lowest BCUT2D eigenvalue weighted by Gasteiger charge is -2.30. The number of aromatic nitrogens is 2. The smallest absolute Gasteiger partial charge is 0.241 e. The van der Waals surface area contributed by atoms with E-state index < -0.39 is 0 Å². The lowest BCUT2D eigenvalue weighted by atomic mass is 10.1. The van der Waals surface area contributed by atoms with E-state index >= 15 is 0 Å². The Bertz CT molecular complexity index is 874. The van der Waals surface area contributed by atoms with Gasteiger partial charge in [-0.1, -0.05) is 6.07 Å². The maximum absolute atomic E-state index is 13.1. The highest BCUT2D eigenvalue weighted by Crippen LogP contribution is 2.24. The molecule has 3 rings (SSSR count). The fourth-order valence-corrected chi connectivity index (χ4v) is 4.18. The van der Waals surface area contributed by atoms with Gasteiger partial charge in [-0.05, 0) is 69.1 Å². The van der Waals surface area contributed by atoms with Crippen LogP contribution in [0.15, 0.2) is 36.5 Å². The van der Waals surface area contributed by atoms with Crippen LogP contribution in [0.3, 0.4) is 0 Å². The second-order valence-electron chi connectivity index (χ2n) is 8.07. The van der Waals surface area contributed by atoms with Crippen molar-refractivity contribution < 1.29 is 4.79 Å². The normalized spacial score (nSPS) is 16.0. The SMILES string of the molecule is Cc1cc(C)cc(N(CCC#N)C(=O)CN(C)CC2CCCN2c2cccnn2)c1. The van der Waals surface area contributed by atoms with Crippen LogP contribution in [0.5, 0.6) is 0 Å². The van der Waals surface area contributed by atoms with E-state index in [2.05, 4.69) is 32.1 Å². The molecule has 1 unspecified atom stereocenters. The highest BCUT2D eigenvalue weighted by molar-refractivity contribution is 5.95. The van der Waals surface area contributed by atoms with Gasteiger partial charge in [0.1, 0.15) is 0 Å². The van der Waals surface area contributed by atoms with Crippen molar-refractivity contribution in [1.29, 1.82) is 5.26 Å². The molecular formula is C23H30N6O. The Balaban J connectivity index is 1.66. The molecule has 1 fully saturated rings. The van der Waals surface area contributed by atoms with Crippen LogP contribution in [0.2, 0.25) is 0 Å². The standard InChI is InChI=1S/C23H30N6O/c1-18-13-19(2)15-21(14-18)29(12-6-9-24)23(30)17-27(3)16-20-7-5-11-28(20)22-8-4-10-25-26-22/h4,8,10,13-15,20H,5-7,11-12,16-17H2,1-3H3. The summed E-state index contributed by atoms with van der Waals surface area (Å²) in [5, 5.41) is 17.3. The number of nitriles is 1. The van der Waals surface area contributed by atoms with Crippen LogP contribution in [0, 0.1) is 25.2 Å². The number of nitrogens with zero attached hydrogens (tertiary/aromatic N) is 6. The maximum Gasteiger partial charge on any atom is 0.241 e. The quantitative estimate of drug-likeness (QED) is 0.671. The molecule has 2 heterocycles. The first kappa shape index (κ1) is 21.7. The molecule has 2 aromatic rings. The monoisotopic (exact) mass is 406 g/mol. The Morgan fingerprint density at radius 2 is 2.07 bits per heavy atom. The van der Waals surface area contributed by atoms with Gasteiger partial charge in [0, 0.05) is 37.6 Å². The van der Waals surface area contributed by atoms with Crippen LogP contribution in [0.1, 0.15) is 30.4 Å². The number of hydrogen-bond donors (Lipinski definition) is 0. The number of carbonyl (C=O) groups excluding carboxylic acids is 1. The van der Waals surface area contributed by atoms with Gasteiger partial charge in [-0.2, -0.15) is 10.4 Å². The summed E-state index contributed by atoms with van der Waals surface area (Å²) in [5.41, 5.74) is 3.08. The van der Waals surface area contributed by atoms with E-state index in [1.54, 1.807) is 11.1 Å². The first-order valence-electron chi connectivity index (χ1n) is 10.5. The summed E-state index contributed by atoms with van der Waals surface area (Å²) >= 11 is 0. The van der Waals surface area contributed by atoms with Crippen LogP contribution >= 0.6 is 0 Å². The number of carbonyl (C=O) groups is 1. The van der Waals surface area contributed by atoms with Crippen LogP contribution < -0.4 is 9.80 Å². The van der Waals surface area contributed by atoms with Crippen molar-refractivity contribution in [3.05, 3.63) is 47.7 Å². The van der Waals surface area contributed by atoms with Gasteiger partial charge in [0.05, 0.1) is 19.0 Å². The second-order valence-corrected chi connectivity index (χ2v) is 8.07. The number of anilines is 2. The van der Waals surface area contributed by atoms with Crippen LogP contribution in [-0.4, -0.2) is 60.3 Å². The van der Waals surface area contributed by atoms with Gasteiger partial charge in [-0.15, -0.1) is 5.10 Å². The minimum atomic E-state index is 0.0156. The summed E-state index contributed by atoms with van der Waals surface area (Å²) in [4.78, 5) is 19.2. The van der Waals surface area contributed by atoms with E-state index in [9.17, 15) is 4.79 Å². The first-order chi connectivity index (χ1) is 14.5. The van der Waals surface area contributed by atoms with Crippen molar-refractivity contribution in [1.82, 2.24) is 15.1 Å². The summed E-state index contributed by atoms with van der Waals surface area (Å²) < 4.78 is 0. The maximum atomic E-state index is 13.1. The predicted octanol–water partition coefficient (Wildman–Crippen LogP) is 2.94. The number of likely N-dealkylation sites (N-methyl/N-ethyl adjacent to an activating group) is 1. The fourth-order valence-electron chi connectivity index (χ4n) is 4.18. The number of benzene rings is 1. The van der Waals surface area contributed by atoms with E-state index in [1.807, 2.05) is 45.2 Å². The average molecular weight is 407 g/mol. The van der Waals surface area contributed by atoms with Crippen LogP contribution in [0.25, 0.3) is 0 Å². The zero-order chi connectivity index (χ0) is 21.5. The zero-order valence-corrected chi connectivity index (χ0v) is 18.1. The predicted molar refractivity (Wildman–Crippen MR) is 118 cm³/mol. The molecule has 30 heavy (non-hydrogen) atoms. The molecule has 1 aromatic carbocycles. The first-order valence-corrected chi connectivity index (χ1v) is 10.5. The van der Waals surface area contributed by atoms with Gasteiger partial charge >= 0.3 is 0 Å². The third-order valence-electron chi connectivity index (χ3n) is 5.42. The molecule has 7 heteroatoms. The summed E-state index contributed by atoms with van der Waals surface area (Å²) in [7, 11) is 1.98. The average Bonchev–Trinajstić information content (AvgIpc) is 3.16. The largest absolute Gasteiger partial charge is 0.351 e.